The lowest BCUT2D eigenvalue weighted by Crippen LogP contribution is -2.36. The van der Waals surface area contributed by atoms with Crippen LogP contribution in [0.25, 0.3) is 0 Å². The van der Waals surface area contributed by atoms with Crippen LogP contribution in [0.15, 0.2) is 12.1 Å². The van der Waals surface area contributed by atoms with Gasteiger partial charge in [-0.2, -0.15) is 0 Å². The lowest BCUT2D eigenvalue weighted by molar-refractivity contribution is 0.0856. The lowest BCUT2D eigenvalue weighted by Gasteiger charge is -2.12. The van der Waals surface area contributed by atoms with Gasteiger partial charge >= 0.3 is 0 Å². The van der Waals surface area contributed by atoms with Gasteiger partial charge < -0.3 is 5.43 Å². The molecule has 0 radical (unpaired) electrons. The van der Waals surface area contributed by atoms with Gasteiger partial charge in [-0.25, -0.2) is 13.8 Å². The summed E-state index contributed by atoms with van der Waals surface area (Å²) < 4.78 is 26.5. The average Bonchev–Trinajstić information content (AvgIpc) is 2.16. The first-order valence-electron chi connectivity index (χ1n) is 4.39. The molecule has 7 heteroatoms. The molecule has 0 fully saturated rings. The summed E-state index contributed by atoms with van der Waals surface area (Å²) in [7, 11) is 3.17. The molecule has 0 atom stereocenters. The van der Waals surface area contributed by atoms with Crippen LogP contribution in [0.1, 0.15) is 10.4 Å². The van der Waals surface area contributed by atoms with Crippen LogP contribution < -0.4 is 16.7 Å². The van der Waals surface area contributed by atoms with Gasteiger partial charge in [0.05, 0.1) is 0 Å². The number of hydrogen-bond acceptors (Lipinski definition) is 4. The Kier molecular flexibility index (Phi) is 3.75. The van der Waals surface area contributed by atoms with Crippen LogP contribution in [0.3, 0.4) is 0 Å². The summed E-state index contributed by atoms with van der Waals surface area (Å²) in [5, 5.41) is 1.37. The Bertz CT molecular complexity index is 385. The van der Waals surface area contributed by atoms with Crippen molar-refractivity contribution in [2.45, 2.75) is 0 Å². The molecule has 5 nitrogen and oxygen atoms in total. The quantitative estimate of drug-likeness (QED) is 0.521. The van der Waals surface area contributed by atoms with Crippen LogP contribution in [0, 0.1) is 11.6 Å². The average molecular weight is 230 g/mol. The molecule has 0 heterocycles. The number of benzene rings is 1. The molecule has 4 N–H and O–H groups in total. The number of nitrogens with one attached hydrogen (secondary N) is 2. The summed E-state index contributed by atoms with van der Waals surface area (Å²) in [5.41, 5.74) is 3.65. The third-order valence-electron chi connectivity index (χ3n) is 1.77. The van der Waals surface area contributed by atoms with E-state index in [1.165, 1.54) is 5.01 Å². The second-order valence-corrected chi connectivity index (χ2v) is 3.29. The minimum absolute atomic E-state index is 0.122. The fourth-order valence-electron chi connectivity index (χ4n) is 1.11. The van der Waals surface area contributed by atoms with E-state index in [9.17, 15) is 13.6 Å². The number of hydrogen-bond donors (Lipinski definition) is 3. The van der Waals surface area contributed by atoms with Crippen LogP contribution in [0.5, 0.6) is 0 Å². The Hall–Kier alpha value is -1.73. The molecule has 0 aliphatic rings. The van der Waals surface area contributed by atoms with Gasteiger partial charge in [-0.15, -0.1) is 0 Å². The summed E-state index contributed by atoms with van der Waals surface area (Å²) in [5.74, 6) is 2.47. The van der Waals surface area contributed by atoms with Crippen molar-refractivity contribution in [3.05, 3.63) is 29.3 Å². The summed E-state index contributed by atoms with van der Waals surface area (Å²) in [6.45, 7) is 0. The van der Waals surface area contributed by atoms with Crippen molar-refractivity contribution in [3.63, 3.8) is 0 Å². The molecule has 1 rings (SSSR count). The van der Waals surface area contributed by atoms with Crippen LogP contribution in [-0.4, -0.2) is 25.0 Å². The molecule has 1 amide bonds. The highest BCUT2D eigenvalue weighted by molar-refractivity contribution is 5.94. The molecule has 0 aliphatic heterocycles. The Morgan fingerprint density at radius 1 is 1.31 bits per heavy atom. The van der Waals surface area contributed by atoms with Crippen molar-refractivity contribution < 1.29 is 13.6 Å². The van der Waals surface area contributed by atoms with Gasteiger partial charge in [0.1, 0.15) is 5.69 Å². The van der Waals surface area contributed by atoms with E-state index in [2.05, 4.69) is 5.43 Å². The van der Waals surface area contributed by atoms with Gasteiger partial charge in [-0.05, 0) is 12.1 Å². The summed E-state index contributed by atoms with van der Waals surface area (Å²) in [6.07, 6.45) is 0. The number of amides is 1. The number of hydrazine groups is 2. The molecule has 1 aromatic rings. The highest BCUT2D eigenvalue weighted by atomic mass is 19.1. The predicted octanol–water partition coefficient (Wildman–Crippen LogP) is 0.457. The van der Waals surface area contributed by atoms with E-state index >= 15 is 0 Å². The van der Waals surface area contributed by atoms with Crippen molar-refractivity contribution in [1.82, 2.24) is 10.4 Å². The Balaban J connectivity index is 3.04. The molecule has 0 unspecified atom stereocenters. The second-order valence-electron chi connectivity index (χ2n) is 3.29. The molecule has 16 heavy (non-hydrogen) atoms. The Morgan fingerprint density at radius 2 is 1.81 bits per heavy atom. The fraction of sp³-hybridized carbons (Fsp3) is 0.222. The van der Waals surface area contributed by atoms with E-state index in [-0.39, 0.29) is 5.56 Å². The largest absolute Gasteiger partial charge is 0.319 e. The smallest absolute Gasteiger partial charge is 0.265 e. The van der Waals surface area contributed by atoms with Gasteiger partial charge in [0.2, 0.25) is 0 Å². The van der Waals surface area contributed by atoms with E-state index in [1.807, 2.05) is 5.43 Å². The van der Waals surface area contributed by atoms with Crippen molar-refractivity contribution in [1.29, 1.82) is 0 Å². The van der Waals surface area contributed by atoms with Crippen molar-refractivity contribution in [2.24, 2.45) is 5.84 Å². The van der Waals surface area contributed by atoms with E-state index in [4.69, 9.17) is 5.84 Å². The van der Waals surface area contributed by atoms with Crippen molar-refractivity contribution in [2.75, 3.05) is 19.5 Å². The number of rotatable bonds is 3. The van der Waals surface area contributed by atoms with Gasteiger partial charge in [-0.3, -0.25) is 16.1 Å². The molecule has 0 saturated heterocycles. The highest BCUT2D eigenvalue weighted by Crippen LogP contribution is 2.19. The third-order valence-corrected chi connectivity index (χ3v) is 1.77. The molecular formula is C9H12F2N4O. The van der Waals surface area contributed by atoms with Gasteiger partial charge in [0, 0.05) is 19.7 Å². The number of carbonyl (C=O) groups excluding carboxylic acids is 1. The Morgan fingerprint density at radius 3 is 2.19 bits per heavy atom. The maximum absolute atomic E-state index is 13.2. The normalized spacial score (nSPS) is 10.4. The van der Waals surface area contributed by atoms with Crippen LogP contribution >= 0.6 is 0 Å². The third kappa shape index (κ3) is 2.65. The standard InChI is InChI=1S/C9H12F2N4O/c1-15(2)14-9(16)5-3-6(10)8(13-12)7(11)4-5/h3-4,13H,12H2,1-2H3,(H,14,16). The minimum atomic E-state index is -0.925. The number of nitrogens with two attached hydrogens (primary N) is 1. The predicted molar refractivity (Wildman–Crippen MR) is 55.3 cm³/mol. The fourth-order valence-corrected chi connectivity index (χ4v) is 1.11. The minimum Gasteiger partial charge on any atom is -0.319 e. The lowest BCUT2D eigenvalue weighted by atomic mass is 10.2. The molecule has 88 valence electrons. The second kappa shape index (κ2) is 4.86. The molecule has 0 aromatic heterocycles. The van der Waals surface area contributed by atoms with Gasteiger partial charge in [-0.1, -0.05) is 0 Å². The van der Waals surface area contributed by atoms with Gasteiger partial charge in [0.25, 0.3) is 5.91 Å². The van der Waals surface area contributed by atoms with Crippen molar-refractivity contribution >= 4 is 11.6 Å². The van der Waals surface area contributed by atoms with Crippen LogP contribution in [0.4, 0.5) is 14.5 Å². The summed E-state index contributed by atoms with van der Waals surface area (Å²) in [6, 6.07) is 1.80. The van der Waals surface area contributed by atoms with E-state index in [0.717, 1.165) is 12.1 Å². The number of halogens is 2. The number of nitrogen functional groups attached to an aromatic ring is 1. The monoisotopic (exact) mass is 230 g/mol. The van der Waals surface area contributed by atoms with Crippen LogP contribution in [0.2, 0.25) is 0 Å². The molecule has 0 aliphatic carbocycles. The van der Waals surface area contributed by atoms with E-state index < -0.39 is 23.2 Å². The molecular weight excluding hydrogens is 218 g/mol. The first kappa shape index (κ1) is 12.3. The first-order valence-corrected chi connectivity index (χ1v) is 4.39. The molecule has 0 saturated carbocycles. The maximum atomic E-state index is 13.2. The molecule has 0 bridgehead atoms. The number of anilines is 1. The summed E-state index contributed by atoms with van der Waals surface area (Å²) >= 11 is 0. The first-order chi connectivity index (χ1) is 7.45. The zero-order chi connectivity index (χ0) is 12.3. The topological polar surface area (TPSA) is 70.4 Å². The van der Waals surface area contributed by atoms with Gasteiger partial charge in [0.15, 0.2) is 11.6 Å². The number of carbonyl (C=O) groups is 1. The zero-order valence-corrected chi connectivity index (χ0v) is 8.84. The van der Waals surface area contributed by atoms with Crippen molar-refractivity contribution in [3.8, 4) is 0 Å². The van der Waals surface area contributed by atoms with Crippen LogP contribution in [-0.2, 0) is 0 Å². The highest BCUT2D eigenvalue weighted by Gasteiger charge is 2.14. The Labute approximate surface area is 91.2 Å². The molecule has 0 spiro atoms. The summed E-state index contributed by atoms with van der Waals surface area (Å²) in [4.78, 5) is 11.4. The SMILES string of the molecule is CN(C)NC(=O)c1cc(F)c(NN)c(F)c1. The maximum Gasteiger partial charge on any atom is 0.265 e. The van der Waals surface area contributed by atoms with E-state index in [0.29, 0.717) is 0 Å². The zero-order valence-electron chi connectivity index (χ0n) is 8.84. The molecule has 1 aromatic carbocycles. The number of nitrogens with zero attached hydrogens (tertiary/aromatic N) is 1. The van der Waals surface area contributed by atoms with E-state index in [1.54, 1.807) is 14.1 Å².